The van der Waals surface area contributed by atoms with Gasteiger partial charge >= 0.3 is 12.1 Å². The highest BCUT2D eigenvalue weighted by Gasteiger charge is 2.36. The topological polar surface area (TPSA) is 37.3 Å². The molecule has 0 saturated heterocycles. The molecule has 6 heteroatoms. The minimum atomic E-state index is -4.49. The number of benzene rings is 1. The first-order valence-electron chi connectivity index (χ1n) is 4.34. The van der Waals surface area contributed by atoms with Gasteiger partial charge in [0.25, 0.3) is 0 Å². The van der Waals surface area contributed by atoms with Gasteiger partial charge in [-0.05, 0) is 17.7 Å². The molecule has 0 amide bonds. The Kier molecular flexibility index (Phi) is 3.96. The second-order valence-corrected chi connectivity index (χ2v) is 4.18. The van der Waals surface area contributed by atoms with E-state index in [4.69, 9.17) is 5.11 Å². The molecule has 2 nitrogen and oxygen atoms in total. The van der Waals surface area contributed by atoms with Crippen LogP contribution in [0.1, 0.15) is 17.9 Å². The third kappa shape index (κ3) is 3.84. The summed E-state index contributed by atoms with van der Waals surface area (Å²) in [5.74, 6) is -3.03. The zero-order valence-electron chi connectivity index (χ0n) is 7.96. The molecular weight excluding hydrogens is 289 g/mol. The summed E-state index contributed by atoms with van der Waals surface area (Å²) < 4.78 is 37.1. The van der Waals surface area contributed by atoms with Crippen molar-refractivity contribution < 1.29 is 23.1 Å². The molecular formula is C10H8BrF3O2. The Hall–Kier alpha value is -1.04. The summed E-state index contributed by atoms with van der Waals surface area (Å²) in [4.78, 5) is 10.8. The lowest BCUT2D eigenvalue weighted by Gasteiger charge is -2.15. The van der Waals surface area contributed by atoms with Gasteiger partial charge in [0, 0.05) is 4.47 Å². The molecule has 0 aliphatic carbocycles. The summed E-state index contributed by atoms with van der Waals surface area (Å²) in [6.07, 6.45) is -5.86. The first-order chi connectivity index (χ1) is 7.29. The summed E-state index contributed by atoms with van der Waals surface area (Å²) >= 11 is 3.09. The highest BCUT2D eigenvalue weighted by Crippen LogP contribution is 2.32. The molecule has 0 fully saturated rings. The molecule has 0 spiro atoms. The van der Waals surface area contributed by atoms with Gasteiger partial charge in [0.15, 0.2) is 0 Å². The van der Waals surface area contributed by atoms with Crippen molar-refractivity contribution in [2.24, 2.45) is 0 Å². The van der Waals surface area contributed by atoms with E-state index in [0.29, 0.717) is 4.47 Å². The van der Waals surface area contributed by atoms with E-state index in [-0.39, 0.29) is 5.56 Å². The van der Waals surface area contributed by atoms with Crippen LogP contribution in [0.3, 0.4) is 0 Å². The van der Waals surface area contributed by atoms with Crippen LogP contribution in [-0.4, -0.2) is 17.3 Å². The van der Waals surface area contributed by atoms with E-state index < -0.39 is 24.5 Å². The van der Waals surface area contributed by atoms with Crippen LogP contribution < -0.4 is 0 Å². The summed E-state index contributed by atoms with van der Waals surface area (Å²) in [6, 6.07) is 5.88. The lowest BCUT2D eigenvalue weighted by Crippen LogP contribution is -2.20. The second kappa shape index (κ2) is 4.86. The normalized spacial score (nSPS) is 13.5. The largest absolute Gasteiger partial charge is 0.481 e. The van der Waals surface area contributed by atoms with Crippen molar-refractivity contribution in [1.29, 1.82) is 0 Å². The van der Waals surface area contributed by atoms with Gasteiger partial charge in [0.2, 0.25) is 0 Å². The molecule has 0 heterocycles. The van der Waals surface area contributed by atoms with Crippen molar-refractivity contribution in [2.45, 2.75) is 18.5 Å². The highest BCUT2D eigenvalue weighted by atomic mass is 79.9. The smallest absolute Gasteiger partial charge is 0.390 e. The van der Waals surface area contributed by atoms with Crippen molar-refractivity contribution in [3.05, 3.63) is 34.3 Å². The van der Waals surface area contributed by atoms with Crippen LogP contribution in [0, 0.1) is 0 Å². The van der Waals surface area contributed by atoms with Crippen LogP contribution in [0.15, 0.2) is 28.7 Å². The van der Waals surface area contributed by atoms with Crippen molar-refractivity contribution >= 4 is 21.9 Å². The fourth-order valence-electron chi connectivity index (χ4n) is 1.30. The van der Waals surface area contributed by atoms with E-state index in [9.17, 15) is 18.0 Å². The average Bonchev–Trinajstić information content (AvgIpc) is 2.12. The van der Waals surface area contributed by atoms with E-state index in [1.54, 1.807) is 6.07 Å². The van der Waals surface area contributed by atoms with Gasteiger partial charge < -0.3 is 5.11 Å². The van der Waals surface area contributed by atoms with Crippen molar-refractivity contribution in [3.8, 4) is 0 Å². The van der Waals surface area contributed by atoms with Gasteiger partial charge in [-0.15, -0.1) is 0 Å². The highest BCUT2D eigenvalue weighted by molar-refractivity contribution is 9.10. The van der Waals surface area contributed by atoms with Crippen LogP contribution in [-0.2, 0) is 4.79 Å². The monoisotopic (exact) mass is 296 g/mol. The van der Waals surface area contributed by atoms with Gasteiger partial charge in [0.1, 0.15) is 0 Å². The third-order valence-corrected chi connectivity index (χ3v) is 2.48. The van der Waals surface area contributed by atoms with E-state index in [2.05, 4.69) is 15.9 Å². The van der Waals surface area contributed by atoms with E-state index in [0.717, 1.165) is 0 Å². The maximum atomic E-state index is 12.2. The van der Waals surface area contributed by atoms with Gasteiger partial charge in [-0.25, -0.2) is 0 Å². The third-order valence-electron chi connectivity index (χ3n) is 1.98. The molecule has 0 bridgehead atoms. The number of halogens is 4. The van der Waals surface area contributed by atoms with Gasteiger partial charge in [-0.2, -0.15) is 13.2 Å². The number of carboxylic acid groups (broad SMARTS) is 1. The van der Waals surface area contributed by atoms with Crippen molar-refractivity contribution in [1.82, 2.24) is 0 Å². The first kappa shape index (κ1) is 13.0. The number of hydrogen-bond donors (Lipinski definition) is 1. The Balaban J connectivity index is 2.99. The van der Waals surface area contributed by atoms with Crippen LogP contribution in [0.4, 0.5) is 13.2 Å². The average molecular weight is 297 g/mol. The minimum absolute atomic E-state index is 0.138. The van der Waals surface area contributed by atoms with Crippen molar-refractivity contribution in [3.63, 3.8) is 0 Å². The maximum absolute atomic E-state index is 12.2. The molecule has 1 N–H and O–H groups in total. The molecule has 1 aromatic rings. The number of carbonyl (C=O) groups is 1. The fraction of sp³-hybridized carbons (Fsp3) is 0.300. The van der Waals surface area contributed by atoms with Gasteiger partial charge in [-0.1, -0.05) is 28.1 Å². The molecule has 0 aromatic heterocycles. The quantitative estimate of drug-likeness (QED) is 0.926. The lowest BCUT2D eigenvalue weighted by atomic mass is 9.96. The van der Waals surface area contributed by atoms with Crippen LogP contribution in [0.25, 0.3) is 0 Å². The molecule has 16 heavy (non-hydrogen) atoms. The Morgan fingerprint density at radius 2 is 2.06 bits per heavy atom. The molecule has 0 aliphatic heterocycles. The minimum Gasteiger partial charge on any atom is -0.481 e. The molecule has 0 radical (unpaired) electrons. The summed E-state index contributed by atoms with van der Waals surface area (Å²) in [7, 11) is 0. The molecule has 0 aliphatic rings. The number of alkyl halides is 3. The Morgan fingerprint density at radius 1 is 1.44 bits per heavy atom. The SMILES string of the molecule is O=C(O)[C@H](CC(F)(F)F)c1cccc(Br)c1. The van der Waals surface area contributed by atoms with Gasteiger partial charge in [-0.3, -0.25) is 4.79 Å². The predicted octanol–water partition coefficient (Wildman–Crippen LogP) is 3.57. The van der Waals surface area contributed by atoms with Crippen molar-refractivity contribution in [2.75, 3.05) is 0 Å². The fourth-order valence-corrected chi connectivity index (χ4v) is 1.72. The van der Waals surface area contributed by atoms with Crippen LogP contribution in [0.2, 0.25) is 0 Å². The summed E-state index contributed by atoms with van der Waals surface area (Å²) in [5.41, 5.74) is 0.138. The first-order valence-corrected chi connectivity index (χ1v) is 5.14. The van der Waals surface area contributed by atoms with Gasteiger partial charge in [0.05, 0.1) is 12.3 Å². The van der Waals surface area contributed by atoms with E-state index in [1.807, 2.05) is 0 Å². The summed E-state index contributed by atoms with van der Waals surface area (Å²) in [5, 5.41) is 8.77. The molecule has 1 aromatic carbocycles. The number of rotatable bonds is 3. The Bertz CT molecular complexity index is 390. The number of carboxylic acids is 1. The summed E-state index contributed by atoms with van der Waals surface area (Å²) in [6.45, 7) is 0. The van der Waals surface area contributed by atoms with E-state index >= 15 is 0 Å². The Labute approximate surface area is 98.2 Å². The predicted molar refractivity (Wildman–Crippen MR) is 55.2 cm³/mol. The zero-order valence-corrected chi connectivity index (χ0v) is 9.55. The standard InChI is InChI=1S/C10H8BrF3O2/c11-7-3-1-2-6(4-7)8(9(15)16)5-10(12,13)14/h1-4,8H,5H2,(H,15,16)/t8-/m1/s1. The maximum Gasteiger partial charge on any atom is 0.390 e. The number of aliphatic carboxylic acids is 1. The molecule has 0 unspecified atom stereocenters. The van der Waals surface area contributed by atoms with E-state index in [1.165, 1.54) is 18.2 Å². The Morgan fingerprint density at radius 3 is 2.50 bits per heavy atom. The van der Waals surface area contributed by atoms with Crippen LogP contribution >= 0.6 is 15.9 Å². The second-order valence-electron chi connectivity index (χ2n) is 3.27. The zero-order chi connectivity index (χ0) is 12.3. The molecule has 1 rings (SSSR count). The number of hydrogen-bond acceptors (Lipinski definition) is 1. The lowest BCUT2D eigenvalue weighted by molar-refractivity contribution is -0.157. The van der Waals surface area contributed by atoms with Crippen LogP contribution in [0.5, 0.6) is 0 Å². The molecule has 88 valence electrons. The molecule has 1 atom stereocenters. The molecule has 0 saturated carbocycles.